The summed E-state index contributed by atoms with van der Waals surface area (Å²) in [6.07, 6.45) is -0.227. The number of hydrogen-bond acceptors (Lipinski definition) is 12. The number of cyclic esters (lactones) is 1. The predicted molar refractivity (Wildman–Crippen MR) is 184 cm³/mol. The third-order valence-corrected chi connectivity index (χ3v) is 11.6. The first-order chi connectivity index (χ1) is 23.0. The molecule has 0 aliphatic carbocycles. The van der Waals surface area contributed by atoms with Gasteiger partial charge in [0.05, 0.1) is 29.9 Å². The molecule has 0 spiro atoms. The lowest BCUT2D eigenvalue weighted by molar-refractivity contribution is -0.298. The number of carbonyl (C=O) groups is 3. The first-order valence-corrected chi connectivity index (χ1v) is 18.4. The van der Waals surface area contributed by atoms with E-state index in [1.807, 2.05) is 46.8 Å². The number of Topliss-reactive ketones (excluding diaryl/α,β-unsaturated/α-hetero) is 1. The van der Waals surface area contributed by atoms with Gasteiger partial charge in [-0.25, -0.2) is 4.79 Å². The van der Waals surface area contributed by atoms with Gasteiger partial charge >= 0.3 is 12.1 Å². The molecule has 2 N–H and O–H groups in total. The first-order valence-electron chi connectivity index (χ1n) is 18.4. The van der Waals surface area contributed by atoms with Gasteiger partial charge in [-0.1, -0.05) is 20.8 Å². The van der Waals surface area contributed by atoms with Crippen LogP contribution in [0.25, 0.3) is 0 Å². The second-order valence-corrected chi connectivity index (χ2v) is 15.7. The number of ether oxygens (including phenoxy) is 5. The third kappa shape index (κ3) is 8.45. The highest BCUT2D eigenvalue weighted by molar-refractivity contribution is 6.00. The van der Waals surface area contributed by atoms with E-state index in [9.17, 15) is 19.5 Å². The van der Waals surface area contributed by atoms with E-state index in [-0.39, 0.29) is 35.9 Å². The van der Waals surface area contributed by atoms with Crippen molar-refractivity contribution in [2.24, 2.45) is 17.8 Å². The molecule has 1 amide bonds. The van der Waals surface area contributed by atoms with Gasteiger partial charge in [-0.05, 0) is 106 Å². The Morgan fingerprint density at radius 1 is 1.20 bits per heavy atom. The molecule has 0 bridgehead atoms. The molecule has 49 heavy (non-hydrogen) atoms. The molecule has 4 aliphatic heterocycles. The van der Waals surface area contributed by atoms with E-state index in [1.165, 1.54) is 0 Å². The Kier molecular flexibility index (Phi) is 13.2. The van der Waals surface area contributed by atoms with Crippen molar-refractivity contribution in [1.82, 2.24) is 20.0 Å². The van der Waals surface area contributed by atoms with Crippen LogP contribution in [0.15, 0.2) is 0 Å². The molecule has 13 atom stereocenters. The standard InChI is InChI=1S/C36H64N4O9/c1-12-27(36(7)30-24(5)40(30)34(44)49-36)47-32(43)23(4)28(41)22(3)31(35(6,45-11)18-21(2)19-37-8)48-33-29(42)26(38(9)10)17-25(46-33)20-39-15-13-14-16-39/h21-27,29-31,33,37,42H,12-20H2,1-11H3/t21-,22+,23?,24+,25+,26?,27-,29?,30-,31-,33+,35-,36-,40?/m1/s1. The van der Waals surface area contributed by atoms with Crippen LogP contribution in [0.1, 0.15) is 80.6 Å². The minimum absolute atomic E-state index is 0.00686. The number of rotatable bonds is 18. The van der Waals surface area contributed by atoms with E-state index in [2.05, 4.69) is 17.1 Å². The number of aliphatic hydroxyl groups is 1. The molecule has 282 valence electrons. The summed E-state index contributed by atoms with van der Waals surface area (Å²) in [4.78, 5) is 46.4. The van der Waals surface area contributed by atoms with E-state index < -0.39 is 59.7 Å². The lowest BCUT2D eigenvalue weighted by atomic mass is 9.78. The van der Waals surface area contributed by atoms with E-state index >= 15 is 0 Å². The van der Waals surface area contributed by atoms with Crippen LogP contribution >= 0.6 is 0 Å². The summed E-state index contributed by atoms with van der Waals surface area (Å²) in [6.45, 7) is 16.4. The average Bonchev–Trinajstić information content (AvgIpc) is 3.34. The number of fused-ring (bicyclic) bond motifs is 1. The second-order valence-electron chi connectivity index (χ2n) is 15.7. The molecule has 4 heterocycles. The smallest absolute Gasteiger partial charge is 0.411 e. The summed E-state index contributed by atoms with van der Waals surface area (Å²) in [5.74, 6) is -2.85. The highest BCUT2D eigenvalue weighted by atomic mass is 16.7. The number of nitrogens with zero attached hydrogens (tertiary/aromatic N) is 3. The topological polar surface area (TPSA) is 139 Å². The van der Waals surface area contributed by atoms with Gasteiger partial charge in [-0.15, -0.1) is 0 Å². The van der Waals surface area contributed by atoms with Crippen LogP contribution in [0.3, 0.4) is 0 Å². The molecule has 4 rings (SSSR count). The van der Waals surface area contributed by atoms with Crippen LogP contribution in [-0.4, -0.2) is 152 Å². The van der Waals surface area contributed by atoms with Gasteiger partial charge in [-0.3, -0.25) is 14.5 Å². The van der Waals surface area contributed by atoms with Gasteiger partial charge in [0.25, 0.3) is 0 Å². The van der Waals surface area contributed by atoms with E-state index in [0.29, 0.717) is 19.3 Å². The fraction of sp³-hybridized carbons (Fsp3) is 0.917. The number of methoxy groups -OCH3 is 1. The molecule has 0 aromatic rings. The van der Waals surface area contributed by atoms with Gasteiger partial charge in [0.1, 0.15) is 18.1 Å². The van der Waals surface area contributed by atoms with Gasteiger partial charge < -0.3 is 43.9 Å². The Balaban J connectivity index is 1.57. The molecule has 0 saturated carbocycles. The van der Waals surface area contributed by atoms with Crippen molar-refractivity contribution >= 4 is 17.8 Å². The van der Waals surface area contributed by atoms with Gasteiger partial charge in [0.2, 0.25) is 0 Å². The van der Waals surface area contributed by atoms with Crippen molar-refractivity contribution < 1.29 is 43.2 Å². The largest absolute Gasteiger partial charge is 0.458 e. The van der Waals surface area contributed by atoms with Gasteiger partial charge in [0.15, 0.2) is 17.7 Å². The van der Waals surface area contributed by atoms with Crippen molar-refractivity contribution in [2.75, 3.05) is 54.4 Å². The molecular weight excluding hydrogens is 632 g/mol. The maximum absolute atomic E-state index is 14.3. The molecule has 13 heteroatoms. The molecule has 13 nitrogen and oxygen atoms in total. The molecule has 4 saturated heterocycles. The summed E-state index contributed by atoms with van der Waals surface area (Å²) in [5.41, 5.74) is -1.97. The zero-order chi connectivity index (χ0) is 36.4. The zero-order valence-corrected chi connectivity index (χ0v) is 31.8. The Hall–Kier alpha value is -1.87. The molecule has 4 aliphatic rings. The SMILES string of the molecule is CC[C@@H](OC(=O)C(C)C(=O)[C@H](C)[C@@H](O[C@@H]1O[C@H](CN2CCCC2)CC(N(C)C)C1O)[C@@](C)(C[C@@H](C)CNC)OC)[C@@]1(C)OC(=O)N2[C@@H](C)[C@@H]21. The number of carbonyl (C=O) groups excluding carboxylic acids is 3. The number of likely N-dealkylation sites (tertiary alicyclic amines) is 1. The van der Waals surface area contributed by atoms with Crippen LogP contribution in [0.4, 0.5) is 4.79 Å². The number of amides is 1. The number of likely N-dealkylation sites (N-methyl/N-ethyl adjacent to an activating group) is 1. The van der Waals surface area contributed by atoms with Crippen molar-refractivity contribution in [1.29, 1.82) is 0 Å². The van der Waals surface area contributed by atoms with Crippen LogP contribution in [-0.2, 0) is 33.3 Å². The molecule has 0 aromatic carbocycles. The quantitative estimate of drug-likeness (QED) is 0.124. The van der Waals surface area contributed by atoms with Crippen LogP contribution < -0.4 is 5.32 Å². The van der Waals surface area contributed by atoms with Crippen LogP contribution in [0.5, 0.6) is 0 Å². The second kappa shape index (κ2) is 16.2. The monoisotopic (exact) mass is 696 g/mol. The Bertz CT molecular complexity index is 1150. The zero-order valence-electron chi connectivity index (χ0n) is 31.8. The van der Waals surface area contributed by atoms with Crippen molar-refractivity contribution in [2.45, 2.75) is 141 Å². The molecule has 3 unspecified atom stereocenters. The van der Waals surface area contributed by atoms with Crippen LogP contribution in [0, 0.1) is 17.8 Å². The summed E-state index contributed by atoms with van der Waals surface area (Å²) in [7, 11) is 7.37. The molecule has 4 fully saturated rings. The van der Waals surface area contributed by atoms with E-state index in [0.717, 1.165) is 39.0 Å². The van der Waals surface area contributed by atoms with Crippen LogP contribution in [0.2, 0.25) is 0 Å². The van der Waals surface area contributed by atoms with Crippen molar-refractivity contribution in [3.05, 3.63) is 0 Å². The Labute approximate surface area is 293 Å². The van der Waals surface area contributed by atoms with Gasteiger partial charge in [0, 0.05) is 25.6 Å². The number of hydrogen-bond donors (Lipinski definition) is 2. The molecular formula is C36H64N4O9. The van der Waals surface area contributed by atoms with Crippen molar-refractivity contribution in [3.63, 3.8) is 0 Å². The minimum atomic E-state index is -1.13. The van der Waals surface area contributed by atoms with Crippen molar-refractivity contribution in [3.8, 4) is 0 Å². The summed E-state index contributed by atoms with van der Waals surface area (Å²) in [6, 6.07) is -0.386. The first kappa shape index (κ1) is 39.9. The predicted octanol–water partition coefficient (Wildman–Crippen LogP) is 2.67. The minimum Gasteiger partial charge on any atom is -0.458 e. The van der Waals surface area contributed by atoms with Gasteiger partial charge in [-0.2, -0.15) is 0 Å². The third-order valence-electron chi connectivity index (χ3n) is 11.6. The maximum Gasteiger partial charge on any atom is 0.411 e. The highest BCUT2D eigenvalue weighted by Crippen LogP contribution is 2.49. The average molecular weight is 697 g/mol. The maximum atomic E-state index is 14.3. The lowest BCUT2D eigenvalue weighted by Gasteiger charge is -2.47. The molecule has 0 aromatic heterocycles. The summed E-state index contributed by atoms with van der Waals surface area (Å²) >= 11 is 0. The lowest BCUT2D eigenvalue weighted by Crippen LogP contribution is -2.60. The number of ketones is 1. The Morgan fingerprint density at radius 3 is 2.39 bits per heavy atom. The highest BCUT2D eigenvalue weighted by Gasteiger charge is 2.69. The van der Waals surface area contributed by atoms with E-state index in [4.69, 9.17) is 23.7 Å². The fourth-order valence-corrected chi connectivity index (χ4v) is 8.73. The number of nitrogens with one attached hydrogen (secondary N) is 1. The Morgan fingerprint density at radius 2 is 1.86 bits per heavy atom. The number of esters is 1. The summed E-state index contributed by atoms with van der Waals surface area (Å²) in [5, 5.41) is 14.8. The normalized spacial score (nSPS) is 34.5. The number of aliphatic hydroxyl groups excluding tert-OH is 1. The van der Waals surface area contributed by atoms with E-state index in [1.54, 1.807) is 32.8 Å². The summed E-state index contributed by atoms with van der Waals surface area (Å²) < 4.78 is 31.1. The molecule has 0 radical (unpaired) electrons. The fourth-order valence-electron chi connectivity index (χ4n) is 8.73.